The third kappa shape index (κ3) is 9.27. The van der Waals surface area contributed by atoms with Gasteiger partial charge >= 0.3 is 11.9 Å². The number of aliphatic hydroxyl groups excluding tert-OH is 1. The smallest absolute Gasteiger partial charge is 0.383 e. The molecule has 0 unspecified atom stereocenters. The van der Waals surface area contributed by atoms with E-state index in [-0.39, 0.29) is 18.1 Å². The van der Waals surface area contributed by atoms with Crippen molar-refractivity contribution >= 4 is 11.9 Å². The molecule has 0 atom stereocenters. The molecule has 0 saturated carbocycles. The van der Waals surface area contributed by atoms with Crippen molar-refractivity contribution in [2.75, 3.05) is 19.8 Å². The average molecular weight is 471 g/mol. The maximum Gasteiger partial charge on any atom is 0.383 e. The maximum atomic E-state index is 11.6. The lowest BCUT2D eigenvalue weighted by Gasteiger charge is -2.14. The third-order valence-corrected chi connectivity index (χ3v) is 5.14. The Morgan fingerprint density at radius 1 is 0.941 bits per heavy atom. The van der Waals surface area contributed by atoms with E-state index in [0.717, 1.165) is 29.7 Å². The summed E-state index contributed by atoms with van der Waals surface area (Å²) in [4.78, 5) is 32.2. The molecule has 0 amide bonds. The molecule has 0 bridgehead atoms. The topological polar surface area (TPSA) is 91.3 Å². The predicted molar refractivity (Wildman–Crippen MR) is 129 cm³/mol. The third-order valence-electron chi connectivity index (χ3n) is 5.14. The summed E-state index contributed by atoms with van der Waals surface area (Å²) in [6, 6.07) is 13.1. The van der Waals surface area contributed by atoms with E-state index in [1.807, 2.05) is 30.3 Å². The zero-order valence-corrected chi connectivity index (χ0v) is 20.0. The number of benzene rings is 2. The van der Waals surface area contributed by atoms with Crippen LogP contribution in [0.1, 0.15) is 51.5 Å². The number of esters is 1. The van der Waals surface area contributed by atoms with Crippen LogP contribution in [0.15, 0.2) is 54.6 Å². The minimum absolute atomic E-state index is 0.0876. The van der Waals surface area contributed by atoms with Crippen LogP contribution in [0.3, 0.4) is 0 Å². The second kappa shape index (κ2) is 14.8. The van der Waals surface area contributed by atoms with Crippen molar-refractivity contribution in [1.29, 1.82) is 0 Å². The molecule has 0 spiro atoms. The van der Waals surface area contributed by atoms with Crippen LogP contribution in [0.4, 0.5) is 0 Å². The Bertz CT molecular complexity index is 934. The van der Waals surface area contributed by atoms with E-state index in [0.29, 0.717) is 12.4 Å². The lowest BCUT2D eigenvalue weighted by atomic mass is 9.95. The van der Waals surface area contributed by atoms with Gasteiger partial charge in [0.2, 0.25) is 0 Å². The number of carbonyl (C=O) groups excluding carboxylic acids is 2. The number of aliphatic hydroxyl groups is 1. The van der Waals surface area contributed by atoms with Crippen LogP contribution < -0.4 is 9.62 Å². The van der Waals surface area contributed by atoms with Gasteiger partial charge in [0.15, 0.2) is 5.75 Å². The van der Waals surface area contributed by atoms with E-state index < -0.39 is 12.6 Å². The average Bonchev–Trinajstić information content (AvgIpc) is 2.85. The lowest BCUT2D eigenvalue weighted by molar-refractivity contribution is -0.209. The van der Waals surface area contributed by atoms with Gasteiger partial charge in [0.25, 0.3) is 0 Å². The fourth-order valence-corrected chi connectivity index (χ4v) is 3.31. The highest BCUT2D eigenvalue weighted by molar-refractivity contribution is 5.87. The lowest BCUT2D eigenvalue weighted by Crippen LogP contribution is -2.12. The van der Waals surface area contributed by atoms with Crippen LogP contribution in [0.2, 0.25) is 0 Å². The van der Waals surface area contributed by atoms with Crippen molar-refractivity contribution in [2.24, 2.45) is 0 Å². The second-order valence-corrected chi connectivity index (χ2v) is 7.91. The van der Waals surface area contributed by atoms with Crippen molar-refractivity contribution in [1.82, 2.24) is 0 Å². The van der Waals surface area contributed by atoms with Crippen molar-refractivity contribution in [2.45, 2.75) is 52.4 Å². The molecular formula is C27H34O7. The number of hydrogen-bond acceptors (Lipinski definition) is 7. The van der Waals surface area contributed by atoms with Crippen LogP contribution in [0.5, 0.6) is 11.5 Å². The highest BCUT2D eigenvalue weighted by Crippen LogP contribution is 2.30. The Hall–Kier alpha value is -3.32. The van der Waals surface area contributed by atoms with E-state index in [1.165, 1.54) is 38.2 Å². The van der Waals surface area contributed by atoms with Gasteiger partial charge in [-0.3, -0.25) is 9.68 Å². The summed E-state index contributed by atoms with van der Waals surface area (Å²) >= 11 is 0. The molecule has 7 nitrogen and oxygen atoms in total. The monoisotopic (exact) mass is 470 g/mol. The number of aryl methyl sites for hydroxylation is 1. The van der Waals surface area contributed by atoms with Gasteiger partial charge in [0, 0.05) is 6.92 Å². The normalized spacial score (nSPS) is 10.4. The van der Waals surface area contributed by atoms with Gasteiger partial charge in [0.05, 0.1) is 12.2 Å². The van der Waals surface area contributed by atoms with E-state index in [2.05, 4.69) is 18.4 Å². The molecule has 0 fully saturated rings. The summed E-state index contributed by atoms with van der Waals surface area (Å²) in [7, 11) is 0. The predicted octanol–water partition coefficient (Wildman–Crippen LogP) is 5.19. The summed E-state index contributed by atoms with van der Waals surface area (Å²) in [6.07, 6.45) is 6.83. The molecule has 1 N–H and O–H groups in total. The first-order chi connectivity index (χ1) is 16.4. The summed E-state index contributed by atoms with van der Waals surface area (Å²) < 4.78 is 10.7. The minimum Gasteiger partial charge on any atom is -0.490 e. The molecular weight excluding hydrogens is 436 g/mol. The number of ether oxygens (including phenoxy) is 2. The summed E-state index contributed by atoms with van der Waals surface area (Å²) in [5.41, 5.74) is 3.16. The fourth-order valence-electron chi connectivity index (χ4n) is 3.31. The Kier molecular flexibility index (Phi) is 11.7. The van der Waals surface area contributed by atoms with E-state index in [1.54, 1.807) is 12.1 Å². The van der Waals surface area contributed by atoms with Gasteiger partial charge < -0.3 is 14.6 Å². The highest BCUT2D eigenvalue weighted by atomic mass is 17.2. The van der Waals surface area contributed by atoms with Crippen molar-refractivity contribution in [3.05, 3.63) is 60.2 Å². The van der Waals surface area contributed by atoms with Crippen molar-refractivity contribution in [3.63, 3.8) is 0 Å². The van der Waals surface area contributed by atoms with E-state index >= 15 is 0 Å². The van der Waals surface area contributed by atoms with E-state index in [9.17, 15) is 9.59 Å². The van der Waals surface area contributed by atoms with Gasteiger partial charge in [-0.25, -0.2) is 9.68 Å². The standard InChI is InChI=1S/C27H34O7/c1-4-5-6-7-8-9-23-18-25(32-17-16-31-21(3)29)14-15-26(23)22-10-12-24(13-11-22)33-34-27(30)20(2)19-28/h10-15,18,28H,2,4-9,16-17,19H2,1,3H3. The largest absolute Gasteiger partial charge is 0.490 e. The summed E-state index contributed by atoms with van der Waals surface area (Å²) in [6.45, 7) is 6.97. The van der Waals surface area contributed by atoms with Crippen LogP contribution in [0, 0.1) is 0 Å². The highest BCUT2D eigenvalue weighted by Gasteiger charge is 2.11. The van der Waals surface area contributed by atoms with Crippen LogP contribution >= 0.6 is 0 Å². The van der Waals surface area contributed by atoms with Gasteiger partial charge in [-0.2, -0.15) is 0 Å². The van der Waals surface area contributed by atoms with Gasteiger partial charge in [-0.05, 0) is 53.8 Å². The molecule has 0 aliphatic carbocycles. The van der Waals surface area contributed by atoms with Crippen LogP contribution in [-0.4, -0.2) is 36.9 Å². The van der Waals surface area contributed by atoms with Gasteiger partial charge in [-0.1, -0.05) is 57.4 Å². The molecule has 7 heteroatoms. The molecule has 2 aromatic carbocycles. The number of unbranched alkanes of at least 4 members (excludes halogenated alkanes) is 4. The second-order valence-electron chi connectivity index (χ2n) is 7.91. The molecule has 0 radical (unpaired) electrons. The first-order valence-electron chi connectivity index (χ1n) is 11.6. The van der Waals surface area contributed by atoms with Crippen LogP contribution in [-0.2, 0) is 25.6 Å². The first-order valence-corrected chi connectivity index (χ1v) is 11.6. The number of carbonyl (C=O) groups is 2. The molecule has 0 heterocycles. The van der Waals surface area contributed by atoms with E-state index in [4.69, 9.17) is 19.5 Å². The maximum absolute atomic E-state index is 11.6. The molecule has 0 saturated heterocycles. The Labute approximate surface area is 201 Å². The molecule has 0 aromatic heterocycles. The fraction of sp³-hybridized carbons (Fsp3) is 0.407. The molecule has 0 aliphatic rings. The van der Waals surface area contributed by atoms with Gasteiger partial charge in [0.1, 0.15) is 19.0 Å². The SMILES string of the molecule is C=C(CO)C(=O)OOc1ccc(-c2ccc(OCCOC(C)=O)cc2CCCCCCC)cc1. The molecule has 184 valence electrons. The first kappa shape index (κ1) is 26.9. The molecule has 0 aliphatic heterocycles. The number of hydrogen-bond donors (Lipinski definition) is 1. The van der Waals surface area contributed by atoms with Crippen LogP contribution in [0.25, 0.3) is 11.1 Å². The zero-order chi connectivity index (χ0) is 24.8. The summed E-state index contributed by atoms with van der Waals surface area (Å²) in [5, 5.41) is 8.91. The zero-order valence-electron chi connectivity index (χ0n) is 20.0. The summed E-state index contributed by atoms with van der Waals surface area (Å²) in [5.74, 6) is -0.0571. The Morgan fingerprint density at radius 3 is 2.32 bits per heavy atom. The minimum atomic E-state index is -0.818. The Balaban J connectivity index is 2.10. The molecule has 2 rings (SSSR count). The molecule has 2 aromatic rings. The Morgan fingerprint density at radius 2 is 1.65 bits per heavy atom. The molecule has 34 heavy (non-hydrogen) atoms. The van der Waals surface area contributed by atoms with Crippen molar-refractivity contribution in [3.8, 4) is 22.6 Å². The van der Waals surface area contributed by atoms with Gasteiger partial charge in [-0.15, -0.1) is 0 Å². The number of rotatable bonds is 15. The van der Waals surface area contributed by atoms with Crippen molar-refractivity contribution < 1.29 is 33.9 Å². The quantitative estimate of drug-likeness (QED) is 0.126.